The fourth-order valence-electron chi connectivity index (χ4n) is 0.172. The van der Waals surface area contributed by atoms with E-state index in [0.717, 1.165) is 0 Å². The first kappa shape index (κ1) is 12.7. The van der Waals surface area contributed by atoms with Crippen molar-refractivity contribution in [3.8, 4) is 0 Å². The van der Waals surface area contributed by atoms with Gasteiger partial charge in [0.2, 0.25) is 0 Å². The molecule has 0 N–H and O–H groups in total. The Kier molecular flexibility index (Phi) is 8.16. The maximum atomic E-state index is 10.4. The van der Waals surface area contributed by atoms with Crippen LogP contribution in [0.15, 0.2) is 12.7 Å². The first-order valence-electron chi connectivity index (χ1n) is 1.77. The van der Waals surface area contributed by atoms with Gasteiger partial charge in [-0.2, -0.15) is 0 Å². The molecule has 0 saturated carbocycles. The quantitative estimate of drug-likeness (QED) is 0.191. The second-order valence-electron chi connectivity index (χ2n) is 1.08. The van der Waals surface area contributed by atoms with Crippen LogP contribution in [0.4, 0.5) is 0 Å². The SMILES string of the molecule is C=CCS(=O)(=S)O[O-].[Na+]. The number of hydrogen-bond acceptors (Lipinski definition) is 4. The van der Waals surface area contributed by atoms with Gasteiger partial charge in [-0.1, -0.05) is 6.08 Å². The summed E-state index contributed by atoms with van der Waals surface area (Å²) in [6.07, 6.45) is 1.28. The molecule has 6 heteroatoms. The van der Waals surface area contributed by atoms with Crippen molar-refractivity contribution < 1.29 is 43.4 Å². The summed E-state index contributed by atoms with van der Waals surface area (Å²) in [7, 11) is -3.01. The van der Waals surface area contributed by atoms with Crippen LogP contribution >= 0.6 is 0 Å². The van der Waals surface area contributed by atoms with E-state index in [-0.39, 0.29) is 35.3 Å². The topological polar surface area (TPSA) is 49.4 Å². The van der Waals surface area contributed by atoms with E-state index in [2.05, 4.69) is 22.1 Å². The fourth-order valence-corrected chi connectivity index (χ4v) is 0.805. The summed E-state index contributed by atoms with van der Waals surface area (Å²) in [5.41, 5.74) is 0. The molecule has 9 heavy (non-hydrogen) atoms. The van der Waals surface area contributed by atoms with Gasteiger partial charge in [0.15, 0.2) is 0 Å². The Balaban J connectivity index is 0. The van der Waals surface area contributed by atoms with Crippen molar-refractivity contribution in [2.45, 2.75) is 0 Å². The largest absolute Gasteiger partial charge is 1.00 e. The zero-order chi connectivity index (χ0) is 6.62. The van der Waals surface area contributed by atoms with Crippen LogP contribution in [0.3, 0.4) is 0 Å². The van der Waals surface area contributed by atoms with Crippen molar-refractivity contribution in [2.75, 3.05) is 5.75 Å². The van der Waals surface area contributed by atoms with E-state index < -0.39 is 8.77 Å². The summed E-state index contributed by atoms with van der Waals surface area (Å²) < 4.78 is 13.6. The Morgan fingerprint density at radius 3 is 2.44 bits per heavy atom. The van der Waals surface area contributed by atoms with Crippen molar-refractivity contribution in [3.05, 3.63) is 12.7 Å². The molecule has 0 aliphatic heterocycles. The van der Waals surface area contributed by atoms with Gasteiger partial charge < -0.3 is 9.59 Å². The van der Waals surface area contributed by atoms with Gasteiger partial charge >= 0.3 is 29.6 Å². The van der Waals surface area contributed by atoms with Gasteiger partial charge in [-0.25, -0.2) is 4.21 Å². The van der Waals surface area contributed by atoms with Gasteiger partial charge in [0.05, 0.1) is 5.75 Å². The van der Waals surface area contributed by atoms with Crippen LogP contribution in [0.1, 0.15) is 0 Å². The van der Waals surface area contributed by atoms with Crippen LogP contribution in [-0.2, 0) is 24.3 Å². The third-order valence-electron chi connectivity index (χ3n) is 0.426. The van der Waals surface area contributed by atoms with E-state index in [4.69, 9.17) is 0 Å². The van der Waals surface area contributed by atoms with Crippen molar-refractivity contribution >= 4 is 20.0 Å². The maximum absolute atomic E-state index is 10.4. The van der Waals surface area contributed by atoms with Gasteiger partial charge in [0.1, 0.15) is 8.77 Å². The second-order valence-corrected chi connectivity index (χ2v) is 4.19. The average molecular weight is 176 g/mol. The first-order valence-corrected chi connectivity index (χ1v) is 4.35. The maximum Gasteiger partial charge on any atom is 1.00 e. The molecule has 1 atom stereocenters. The number of hydrogen-bond donors (Lipinski definition) is 0. The molecule has 0 aromatic rings. The standard InChI is InChI=1S/C3H6O3S2.Na/c1-2-3-8(5,7)6-4;/h2,4H,1,3H2;/q;+1/p-1. The molecule has 1 unspecified atom stereocenters. The Hall–Kier alpha value is 1.03. The molecule has 0 amide bonds. The molecule has 0 fully saturated rings. The van der Waals surface area contributed by atoms with E-state index >= 15 is 0 Å². The zero-order valence-electron chi connectivity index (χ0n) is 5.03. The van der Waals surface area contributed by atoms with Gasteiger partial charge in [-0.05, 0) is 0 Å². The summed E-state index contributed by atoms with van der Waals surface area (Å²) in [6, 6.07) is 0. The minimum atomic E-state index is -3.01. The van der Waals surface area contributed by atoms with Crippen LogP contribution in [0.25, 0.3) is 0 Å². The van der Waals surface area contributed by atoms with Crippen LogP contribution in [0, 0.1) is 0 Å². The van der Waals surface area contributed by atoms with Crippen molar-refractivity contribution in [1.82, 2.24) is 0 Å². The predicted molar refractivity (Wildman–Crippen MR) is 31.7 cm³/mol. The van der Waals surface area contributed by atoms with Crippen molar-refractivity contribution in [1.29, 1.82) is 0 Å². The van der Waals surface area contributed by atoms with Gasteiger partial charge in [0, 0.05) is 11.2 Å². The number of rotatable bonds is 3. The van der Waals surface area contributed by atoms with Crippen LogP contribution in [0.5, 0.6) is 0 Å². The van der Waals surface area contributed by atoms with Gasteiger partial charge in [-0.3, -0.25) is 0 Å². The minimum absolute atomic E-state index is 0. The summed E-state index contributed by atoms with van der Waals surface area (Å²) in [6.45, 7) is 3.23. The molecule has 0 rings (SSSR count). The summed E-state index contributed by atoms with van der Waals surface area (Å²) in [5.74, 6) is -0.0637. The molecule has 0 bridgehead atoms. The average Bonchev–Trinajstić information content (AvgIpc) is 1.67. The molecule has 0 radical (unpaired) electrons. The van der Waals surface area contributed by atoms with Gasteiger partial charge in [0.25, 0.3) is 0 Å². The van der Waals surface area contributed by atoms with Crippen LogP contribution in [-0.4, -0.2) is 9.96 Å². The van der Waals surface area contributed by atoms with Crippen LogP contribution < -0.4 is 34.8 Å². The molecular weight excluding hydrogens is 171 g/mol. The Morgan fingerprint density at radius 1 is 1.89 bits per heavy atom. The zero-order valence-corrected chi connectivity index (χ0v) is 8.67. The van der Waals surface area contributed by atoms with Crippen molar-refractivity contribution in [3.63, 3.8) is 0 Å². The summed E-state index contributed by atoms with van der Waals surface area (Å²) in [5, 5.41) is 9.41. The molecule has 48 valence electrons. The molecule has 0 heterocycles. The van der Waals surface area contributed by atoms with Crippen LogP contribution in [0.2, 0.25) is 0 Å². The first-order chi connectivity index (χ1) is 3.62. The Morgan fingerprint density at radius 2 is 2.33 bits per heavy atom. The molecule has 0 aromatic heterocycles. The molecule has 3 nitrogen and oxygen atoms in total. The fraction of sp³-hybridized carbons (Fsp3) is 0.333. The molecule has 0 aromatic carbocycles. The smallest absolute Gasteiger partial charge is 0.709 e. The van der Waals surface area contributed by atoms with Crippen molar-refractivity contribution in [2.24, 2.45) is 0 Å². The summed E-state index contributed by atoms with van der Waals surface area (Å²) >= 11 is 4.17. The summed E-state index contributed by atoms with van der Waals surface area (Å²) in [4.78, 5) is 0. The molecule has 0 saturated heterocycles. The van der Waals surface area contributed by atoms with E-state index in [9.17, 15) is 9.47 Å². The van der Waals surface area contributed by atoms with E-state index in [1.807, 2.05) is 0 Å². The van der Waals surface area contributed by atoms with E-state index in [1.54, 1.807) is 0 Å². The normalized spacial score (nSPS) is 15.2. The van der Waals surface area contributed by atoms with Gasteiger partial charge in [-0.15, -0.1) is 6.58 Å². The van der Waals surface area contributed by atoms with E-state index in [0.29, 0.717) is 0 Å². The molecule has 0 aliphatic carbocycles. The van der Waals surface area contributed by atoms with E-state index in [1.165, 1.54) is 6.08 Å². The molecule has 0 aliphatic rings. The third kappa shape index (κ3) is 6.92. The Labute approximate surface area is 81.2 Å². The third-order valence-corrected chi connectivity index (χ3v) is 1.85. The predicted octanol–water partition coefficient (Wildman–Crippen LogP) is -3.87. The Bertz CT molecular complexity index is 162. The monoisotopic (exact) mass is 176 g/mol. The second kappa shape index (κ2) is 5.79. The molecular formula is C3H5NaO3S2. The minimum Gasteiger partial charge on any atom is -0.709 e. The molecule has 0 spiro atoms.